The van der Waals surface area contributed by atoms with E-state index in [1.54, 1.807) is 11.3 Å². The van der Waals surface area contributed by atoms with Crippen LogP contribution in [0.25, 0.3) is 33.5 Å². The van der Waals surface area contributed by atoms with Crippen LogP contribution in [0.3, 0.4) is 0 Å². The van der Waals surface area contributed by atoms with Gasteiger partial charge in [-0.3, -0.25) is 9.59 Å². The van der Waals surface area contributed by atoms with E-state index in [4.69, 9.17) is 4.98 Å². The normalized spacial score (nSPS) is 13.8. The van der Waals surface area contributed by atoms with Crippen LogP contribution in [0.4, 0.5) is 5.69 Å². The zero-order chi connectivity index (χ0) is 26.1. The molecule has 3 heterocycles. The van der Waals surface area contributed by atoms with Crippen molar-refractivity contribution in [1.29, 1.82) is 0 Å². The van der Waals surface area contributed by atoms with Crippen LogP contribution >= 0.6 is 11.3 Å². The van der Waals surface area contributed by atoms with Crippen molar-refractivity contribution in [1.82, 2.24) is 20.2 Å². The van der Waals surface area contributed by atoms with Crippen LogP contribution in [0.5, 0.6) is 0 Å². The Labute approximate surface area is 220 Å². The third kappa shape index (κ3) is 4.98. The summed E-state index contributed by atoms with van der Waals surface area (Å²) in [6, 6.07) is 16.0. The van der Waals surface area contributed by atoms with Crippen LogP contribution in [-0.2, 0) is 4.79 Å². The van der Waals surface area contributed by atoms with E-state index in [1.807, 2.05) is 92.8 Å². The van der Waals surface area contributed by atoms with E-state index in [1.165, 1.54) is 0 Å². The third-order valence-electron chi connectivity index (χ3n) is 6.46. The number of benzene rings is 2. The molecule has 0 bridgehead atoms. The number of H-pyrrole nitrogens is 1. The summed E-state index contributed by atoms with van der Waals surface area (Å²) in [7, 11) is 3.94. The zero-order valence-electron chi connectivity index (χ0n) is 21.3. The Morgan fingerprint density at radius 3 is 2.65 bits per heavy atom. The number of hydrogen-bond donors (Lipinski definition) is 3. The molecule has 2 amide bonds. The highest BCUT2D eigenvalue weighted by molar-refractivity contribution is 7.13. The summed E-state index contributed by atoms with van der Waals surface area (Å²) in [5.41, 5.74) is 7.99. The number of fused-ring (bicyclic) bond motifs is 1. The van der Waals surface area contributed by atoms with Gasteiger partial charge in [0.05, 0.1) is 16.8 Å². The van der Waals surface area contributed by atoms with E-state index in [0.29, 0.717) is 17.7 Å². The highest BCUT2D eigenvalue weighted by Gasteiger charge is 2.26. The average molecular weight is 512 g/mol. The Hall–Kier alpha value is -4.01. The molecule has 0 saturated carbocycles. The summed E-state index contributed by atoms with van der Waals surface area (Å²) < 4.78 is 0. The van der Waals surface area contributed by atoms with Crippen molar-refractivity contribution in [2.75, 3.05) is 32.5 Å². The number of nitrogens with zero attached hydrogens (tertiary/aromatic N) is 2. The van der Waals surface area contributed by atoms with Crippen molar-refractivity contribution >= 4 is 40.5 Å². The number of carbonyl (C=O) groups is 2. The summed E-state index contributed by atoms with van der Waals surface area (Å²) in [4.78, 5) is 35.9. The lowest BCUT2D eigenvalue weighted by Gasteiger charge is -2.10. The maximum atomic E-state index is 12.9. The number of likely N-dealkylation sites (N-methyl/N-ethyl adjacent to an activating group) is 1. The minimum absolute atomic E-state index is 0.117. The van der Waals surface area contributed by atoms with Crippen molar-refractivity contribution in [3.63, 3.8) is 0 Å². The van der Waals surface area contributed by atoms with Gasteiger partial charge < -0.3 is 20.5 Å². The fraction of sp³-hybridized carbons (Fsp3) is 0.207. The van der Waals surface area contributed by atoms with Crippen molar-refractivity contribution in [3.8, 4) is 21.8 Å². The molecule has 37 heavy (non-hydrogen) atoms. The van der Waals surface area contributed by atoms with Crippen molar-refractivity contribution in [2.24, 2.45) is 0 Å². The molecule has 7 nitrogen and oxygen atoms in total. The summed E-state index contributed by atoms with van der Waals surface area (Å²) in [5, 5.41) is 8.93. The fourth-order valence-electron chi connectivity index (χ4n) is 4.50. The molecule has 1 aliphatic heterocycles. The van der Waals surface area contributed by atoms with Gasteiger partial charge in [-0.2, -0.15) is 0 Å². The number of carbonyl (C=O) groups excluding carboxylic acids is 2. The molecule has 0 radical (unpaired) electrons. The zero-order valence-corrected chi connectivity index (χ0v) is 22.1. The molecule has 3 N–H and O–H groups in total. The predicted octanol–water partition coefficient (Wildman–Crippen LogP) is 5.21. The maximum Gasteiger partial charge on any atom is 0.256 e. The summed E-state index contributed by atoms with van der Waals surface area (Å²) in [6.07, 6.45) is 1.83. The average Bonchev–Trinajstić information content (AvgIpc) is 3.56. The first-order valence-corrected chi connectivity index (χ1v) is 13.0. The predicted molar refractivity (Wildman–Crippen MR) is 151 cm³/mol. The monoisotopic (exact) mass is 511 g/mol. The summed E-state index contributed by atoms with van der Waals surface area (Å²) in [6.45, 7) is 5.11. The smallest absolute Gasteiger partial charge is 0.256 e. The second-order valence-corrected chi connectivity index (χ2v) is 10.3. The van der Waals surface area contributed by atoms with Crippen LogP contribution in [0.2, 0.25) is 0 Å². The highest BCUT2D eigenvalue weighted by atomic mass is 32.1. The van der Waals surface area contributed by atoms with Gasteiger partial charge in [0.15, 0.2) is 0 Å². The SMILES string of the molecule is Cc1[nH]c(C=C2C(=O)Nc3ccc(-c4csc(-c5ccccc5)n4)cc32)c(C)c1C(=O)NCCN(C)C. The van der Waals surface area contributed by atoms with Gasteiger partial charge in [0, 0.05) is 52.2 Å². The first kappa shape index (κ1) is 24.7. The van der Waals surface area contributed by atoms with Crippen molar-refractivity contribution in [2.45, 2.75) is 13.8 Å². The van der Waals surface area contributed by atoms with Gasteiger partial charge in [-0.05, 0) is 51.7 Å². The topological polar surface area (TPSA) is 90.1 Å². The number of rotatable bonds is 7. The lowest BCUT2D eigenvalue weighted by Crippen LogP contribution is -2.31. The molecule has 0 spiro atoms. The van der Waals surface area contributed by atoms with Crippen molar-refractivity contribution in [3.05, 3.63) is 82.0 Å². The molecular weight excluding hydrogens is 482 g/mol. The number of nitrogens with one attached hydrogen (secondary N) is 3. The molecule has 4 aromatic rings. The Morgan fingerprint density at radius 2 is 1.89 bits per heavy atom. The van der Waals surface area contributed by atoms with E-state index in [0.717, 1.165) is 56.6 Å². The quantitative estimate of drug-likeness (QED) is 0.297. The highest BCUT2D eigenvalue weighted by Crippen LogP contribution is 2.38. The van der Waals surface area contributed by atoms with Gasteiger partial charge in [0.2, 0.25) is 0 Å². The van der Waals surface area contributed by atoms with Gasteiger partial charge in [-0.1, -0.05) is 36.4 Å². The molecule has 0 fully saturated rings. The molecule has 2 aromatic carbocycles. The van der Waals surface area contributed by atoms with Crippen LogP contribution in [0, 0.1) is 13.8 Å². The number of aromatic nitrogens is 2. The molecule has 188 valence electrons. The Balaban J connectivity index is 1.45. The third-order valence-corrected chi connectivity index (χ3v) is 7.35. The first-order chi connectivity index (χ1) is 17.8. The van der Waals surface area contributed by atoms with E-state index in [2.05, 4.69) is 15.6 Å². The van der Waals surface area contributed by atoms with Crippen LogP contribution < -0.4 is 10.6 Å². The molecule has 2 aromatic heterocycles. The summed E-state index contributed by atoms with van der Waals surface area (Å²) in [5.74, 6) is -0.284. The minimum atomic E-state index is -0.168. The maximum absolute atomic E-state index is 12.9. The molecule has 8 heteroatoms. The Bertz CT molecular complexity index is 1510. The lowest BCUT2D eigenvalue weighted by molar-refractivity contribution is -0.110. The van der Waals surface area contributed by atoms with Crippen molar-refractivity contribution < 1.29 is 9.59 Å². The van der Waals surface area contributed by atoms with Gasteiger partial charge >= 0.3 is 0 Å². The minimum Gasteiger partial charge on any atom is -0.358 e. The molecule has 0 aliphatic carbocycles. The molecule has 5 rings (SSSR count). The van der Waals surface area contributed by atoms with Gasteiger partial charge in [0.25, 0.3) is 11.8 Å². The number of anilines is 1. The lowest BCUT2D eigenvalue weighted by atomic mass is 10.0. The molecular formula is C29H29N5O2S. The number of aromatic amines is 1. The molecule has 0 atom stereocenters. The van der Waals surface area contributed by atoms with Crippen LogP contribution in [0.15, 0.2) is 53.9 Å². The standard InChI is InChI=1S/C29H29N5O2S/c1-17-24(31-18(2)26(17)28(36)30-12-13-34(3)4)15-22-21-14-20(10-11-23(21)32-27(22)35)25-16-37-29(33-25)19-8-6-5-7-9-19/h5-11,14-16,31H,12-13H2,1-4H3,(H,30,36)(H,32,35). The fourth-order valence-corrected chi connectivity index (χ4v) is 5.33. The molecule has 0 unspecified atom stereocenters. The van der Waals surface area contributed by atoms with Crippen LogP contribution in [-0.4, -0.2) is 53.9 Å². The first-order valence-electron chi connectivity index (χ1n) is 12.1. The van der Waals surface area contributed by atoms with Crippen LogP contribution in [0.1, 0.15) is 32.9 Å². The van der Waals surface area contributed by atoms with Gasteiger partial charge in [0.1, 0.15) is 5.01 Å². The number of thiazole rings is 1. The number of aryl methyl sites for hydroxylation is 1. The molecule has 0 saturated heterocycles. The van der Waals surface area contributed by atoms with Gasteiger partial charge in [-0.25, -0.2) is 4.98 Å². The second-order valence-electron chi connectivity index (χ2n) is 9.40. The van der Waals surface area contributed by atoms with E-state index in [-0.39, 0.29) is 11.8 Å². The second kappa shape index (κ2) is 10.2. The molecule has 1 aliphatic rings. The number of hydrogen-bond acceptors (Lipinski definition) is 5. The van der Waals surface area contributed by atoms with Gasteiger partial charge in [-0.15, -0.1) is 11.3 Å². The van der Waals surface area contributed by atoms with E-state index < -0.39 is 0 Å². The van der Waals surface area contributed by atoms with E-state index >= 15 is 0 Å². The summed E-state index contributed by atoms with van der Waals surface area (Å²) >= 11 is 1.60. The largest absolute Gasteiger partial charge is 0.358 e. The Kier molecular flexibility index (Phi) is 6.78. The van der Waals surface area contributed by atoms with E-state index in [9.17, 15) is 9.59 Å². The number of amides is 2. The Morgan fingerprint density at radius 1 is 1.11 bits per heavy atom.